The van der Waals surface area contributed by atoms with Crippen LogP contribution in [0.1, 0.15) is 27.7 Å². The topological polar surface area (TPSA) is 52.9 Å². The number of hydrogen-bond donors (Lipinski definition) is 1. The Hall–Kier alpha value is -0.560. The van der Waals surface area contributed by atoms with Gasteiger partial charge in [0.1, 0.15) is 5.54 Å². The fraction of sp³-hybridized carbons (Fsp3) is 0.778. The summed E-state index contributed by atoms with van der Waals surface area (Å²) in [5.74, 6) is 0.0797. The first-order valence-electron chi connectivity index (χ1n) is 4.17. The maximum absolute atomic E-state index is 11.4. The molecule has 0 radical (unpaired) electrons. The molecule has 1 amide bonds. The lowest BCUT2D eigenvalue weighted by Gasteiger charge is -2.21. The van der Waals surface area contributed by atoms with Crippen LogP contribution in [0, 0.1) is 17.2 Å². The second-order valence-electron chi connectivity index (χ2n) is 3.87. The smallest absolute Gasteiger partial charge is 0.235 e. The Kier molecular flexibility index (Phi) is 4.41. The zero-order valence-corrected chi connectivity index (χ0v) is 9.97. The number of nitrogens with one attached hydrogen (secondary N) is 1. The molecule has 74 valence electrons. The first-order valence-corrected chi connectivity index (χ1v) is 5.09. The minimum absolute atomic E-state index is 0.137. The standard InChI is InChI=1S/C9H15BrN2O/c1-6(2)7(10)8(13)12-9(3,4)5-11/h6-7H,1-4H3,(H,12,13). The van der Waals surface area contributed by atoms with Crippen LogP contribution in [0.4, 0.5) is 0 Å². The molecular formula is C9H15BrN2O. The molecule has 0 rings (SSSR count). The summed E-state index contributed by atoms with van der Waals surface area (Å²) in [5.41, 5.74) is -0.794. The number of nitriles is 1. The van der Waals surface area contributed by atoms with E-state index in [1.807, 2.05) is 19.9 Å². The van der Waals surface area contributed by atoms with E-state index in [2.05, 4.69) is 21.2 Å². The summed E-state index contributed by atoms with van der Waals surface area (Å²) < 4.78 is 0. The van der Waals surface area contributed by atoms with Crippen molar-refractivity contribution in [1.29, 1.82) is 5.26 Å². The molecule has 0 aliphatic carbocycles. The Morgan fingerprint density at radius 2 is 2.00 bits per heavy atom. The van der Waals surface area contributed by atoms with Crippen molar-refractivity contribution in [3.63, 3.8) is 0 Å². The number of carbonyl (C=O) groups is 1. The fourth-order valence-corrected chi connectivity index (χ4v) is 0.822. The number of carbonyl (C=O) groups excluding carboxylic acids is 1. The van der Waals surface area contributed by atoms with E-state index in [0.29, 0.717) is 0 Å². The highest BCUT2D eigenvalue weighted by Gasteiger charge is 2.25. The number of alkyl halides is 1. The van der Waals surface area contributed by atoms with Gasteiger partial charge in [-0.25, -0.2) is 0 Å². The second kappa shape index (κ2) is 4.61. The molecule has 0 saturated carbocycles. The van der Waals surface area contributed by atoms with Crippen LogP contribution in [-0.2, 0) is 4.79 Å². The van der Waals surface area contributed by atoms with Gasteiger partial charge in [0.2, 0.25) is 5.91 Å². The normalized spacial score (nSPS) is 13.6. The minimum atomic E-state index is -0.794. The third-order valence-electron chi connectivity index (χ3n) is 1.55. The van der Waals surface area contributed by atoms with Gasteiger partial charge in [-0.1, -0.05) is 29.8 Å². The highest BCUT2D eigenvalue weighted by atomic mass is 79.9. The van der Waals surface area contributed by atoms with Crippen LogP contribution in [0.2, 0.25) is 0 Å². The Labute approximate surface area is 87.6 Å². The predicted octanol–water partition coefficient (Wildman–Crippen LogP) is 1.82. The van der Waals surface area contributed by atoms with Gasteiger partial charge in [0.25, 0.3) is 0 Å². The average molecular weight is 247 g/mol. The molecule has 1 N–H and O–H groups in total. The van der Waals surface area contributed by atoms with Crippen LogP contribution in [-0.4, -0.2) is 16.3 Å². The van der Waals surface area contributed by atoms with E-state index in [4.69, 9.17) is 5.26 Å². The Morgan fingerprint density at radius 1 is 1.54 bits per heavy atom. The highest BCUT2D eigenvalue weighted by Crippen LogP contribution is 2.13. The molecule has 0 aromatic carbocycles. The Bertz CT molecular complexity index is 230. The number of halogens is 1. The summed E-state index contributed by atoms with van der Waals surface area (Å²) in [4.78, 5) is 11.2. The molecule has 0 bridgehead atoms. The lowest BCUT2D eigenvalue weighted by atomic mass is 10.1. The van der Waals surface area contributed by atoms with Crippen LogP contribution in [0.5, 0.6) is 0 Å². The van der Waals surface area contributed by atoms with E-state index >= 15 is 0 Å². The van der Waals surface area contributed by atoms with E-state index in [1.165, 1.54) is 0 Å². The molecule has 3 nitrogen and oxygen atoms in total. The van der Waals surface area contributed by atoms with Crippen LogP contribution in [0.3, 0.4) is 0 Å². The molecule has 0 aromatic rings. The molecule has 1 unspecified atom stereocenters. The van der Waals surface area contributed by atoms with Gasteiger partial charge < -0.3 is 5.32 Å². The lowest BCUT2D eigenvalue weighted by molar-refractivity contribution is -0.122. The molecule has 0 aromatic heterocycles. The monoisotopic (exact) mass is 246 g/mol. The number of amides is 1. The van der Waals surface area contributed by atoms with Crippen molar-refractivity contribution in [3.8, 4) is 6.07 Å². The van der Waals surface area contributed by atoms with E-state index < -0.39 is 5.54 Å². The van der Waals surface area contributed by atoms with Gasteiger partial charge >= 0.3 is 0 Å². The summed E-state index contributed by atoms with van der Waals surface area (Å²) in [7, 11) is 0. The third kappa shape index (κ3) is 4.28. The average Bonchev–Trinajstić information content (AvgIpc) is 2.02. The van der Waals surface area contributed by atoms with Gasteiger partial charge in [0.05, 0.1) is 10.9 Å². The minimum Gasteiger partial charge on any atom is -0.337 e. The van der Waals surface area contributed by atoms with E-state index in [0.717, 1.165) is 0 Å². The zero-order chi connectivity index (χ0) is 10.6. The van der Waals surface area contributed by atoms with E-state index in [1.54, 1.807) is 13.8 Å². The number of nitrogens with zero attached hydrogens (tertiary/aromatic N) is 1. The molecule has 0 fully saturated rings. The van der Waals surface area contributed by atoms with Gasteiger partial charge in [0, 0.05) is 0 Å². The van der Waals surface area contributed by atoms with Gasteiger partial charge in [-0.3, -0.25) is 4.79 Å². The van der Waals surface area contributed by atoms with Crippen LogP contribution < -0.4 is 5.32 Å². The van der Waals surface area contributed by atoms with E-state index in [9.17, 15) is 4.79 Å². The van der Waals surface area contributed by atoms with Crippen molar-refractivity contribution >= 4 is 21.8 Å². The first-order chi connectivity index (χ1) is 5.80. The molecule has 0 aliphatic rings. The maximum Gasteiger partial charge on any atom is 0.235 e. The van der Waals surface area contributed by atoms with Crippen LogP contribution in [0.15, 0.2) is 0 Å². The fourth-order valence-electron chi connectivity index (χ4n) is 0.708. The summed E-state index contributed by atoms with van der Waals surface area (Å²) >= 11 is 3.27. The maximum atomic E-state index is 11.4. The molecular weight excluding hydrogens is 232 g/mol. The van der Waals surface area contributed by atoms with Gasteiger partial charge in [-0.05, 0) is 19.8 Å². The molecule has 0 spiro atoms. The quantitative estimate of drug-likeness (QED) is 0.773. The van der Waals surface area contributed by atoms with Crippen molar-refractivity contribution in [1.82, 2.24) is 5.32 Å². The molecule has 13 heavy (non-hydrogen) atoms. The zero-order valence-electron chi connectivity index (χ0n) is 8.39. The molecule has 0 saturated heterocycles. The molecule has 0 aliphatic heterocycles. The lowest BCUT2D eigenvalue weighted by Crippen LogP contribution is -2.46. The number of rotatable bonds is 3. The summed E-state index contributed by atoms with van der Waals surface area (Å²) in [6.07, 6.45) is 0. The first kappa shape index (κ1) is 12.4. The summed E-state index contributed by atoms with van der Waals surface area (Å²) in [5, 5.41) is 11.3. The van der Waals surface area contributed by atoms with Crippen LogP contribution >= 0.6 is 15.9 Å². The Balaban J connectivity index is 4.26. The molecule has 0 heterocycles. The van der Waals surface area contributed by atoms with Gasteiger partial charge in [-0.15, -0.1) is 0 Å². The van der Waals surface area contributed by atoms with Crippen molar-refractivity contribution in [2.75, 3.05) is 0 Å². The highest BCUT2D eigenvalue weighted by molar-refractivity contribution is 9.10. The summed E-state index contributed by atoms with van der Waals surface area (Å²) in [6.45, 7) is 7.23. The summed E-state index contributed by atoms with van der Waals surface area (Å²) in [6, 6.07) is 2.01. The SMILES string of the molecule is CC(C)C(Br)C(=O)NC(C)(C)C#N. The van der Waals surface area contributed by atoms with Gasteiger partial charge in [-0.2, -0.15) is 5.26 Å². The van der Waals surface area contributed by atoms with Crippen molar-refractivity contribution < 1.29 is 4.79 Å². The van der Waals surface area contributed by atoms with E-state index in [-0.39, 0.29) is 16.7 Å². The van der Waals surface area contributed by atoms with Gasteiger partial charge in [0.15, 0.2) is 0 Å². The molecule has 4 heteroatoms. The van der Waals surface area contributed by atoms with Crippen molar-refractivity contribution in [2.24, 2.45) is 5.92 Å². The molecule has 1 atom stereocenters. The van der Waals surface area contributed by atoms with Crippen molar-refractivity contribution in [3.05, 3.63) is 0 Å². The van der Waals surface area contributed by atoms with Crippen molar-refractivity contribution in [2.45, 2.75) is 38.1 Å². The Morgan fingerprint density at radius 3 is 2.31 bits per heavy atom. The van der Waals surface area contributed by atoms with Crippen LogP contribution in [0.25, 0.3) is 0 Å². The predicted molar refractivity (Wildman–Crippen MR) is 55.4 cm³/mol. The second-order valence-corrected chi connectivity index (χ2v) is 4.86. The number of hydrogen-bond acceptors (Lipinski definition) is 2. The third-order valence-corrected chi connectivity index (χ3v) is 3.02. The largest absolute Gasteiger partial charge is 0.337 e.